The summed E-state index contributed by atoms with van der Waals surface area (Å²) in [5.74, 6) is -1.39. The molecule has 3 aromatic carbocycles. The van der Waals surface area contributed by atoms with Crippen LogP contribution in [0.1, 0.15) is 17.2 Å². The Labute approximate surface area is 230 Å². The molecule has 10 heteroatoms. The molecule has 0 radical (unpaired) electrons. The number of halogens is 1. The number of hydrogen-bond acceptors (Lipinski definition) is 6. The number of anilines is 2. The average Bonchev–Trinajstić information content (AvgIpc) is 3.36. The lowest BCUT2D eigenvalue weighted by Gasteiger charge is -2.31. The van der Waals surface area contributed by atoms with Crippen LogP contribution in [0.5, 0.6) is 0 Å². The van der Waals surface area contributed by atoms with Crippen LogP contribution in [0.4, 0.5) is 15.8 Å². The summed E-state index contributed by atoms with van der Waals surface area (Å²) in [7, 11) is 3.85. The zero-order chi connectivity index (χ0) is 28.1. The van der Waals surface area contributed by atoms with Crippen LogP contribution in [-0.2, 0) is 22.7 Å². The molecule has 0 spiro atoms. The highest BCUT2D eigenvalue weighted by atomic mass is 19.1. The van der Waals surface area contributed by atoms with Gasteiger partial charge >= 0.3 is 0 Å². The maximum Gasteiger partial charge on any atom is 0.251 e. The molecular weight excluding hydrogens is 509 g/mol. The molecule has 0 unspecified atom stereocenters. The van der Waals surface area contributed by atoms with E-state index in [1.54, 1.807) is 42.7 Å². The first-order valence-corrected chi connectivity index (χ1v) is 12.7. The van der Waals surface area contributed by atoms with Crippen LogP contribution in [0.15, 0.2) is 97.3 Å². The standard InChI is InChI=1S/C30H28FN7O2/c1-36(2)25-14-12-24(13-15-25)33-30(40)29(22-8-5-9-23(31)17-22)37(19-21-7-6-16-32-18-21)28(39)20-38-27-11-4-3-10-26(27)34-35-38/h3-18,29H,19-20H2,1-2H3,(H,33,40)/t29-/m0/s1. The Morgan fingerprint density at radius 3 is 2.50 bits per heavy atom. The third-order valence-corrected chi connectivity index (χ3v) is 6.48. The molecule has 202 valence electrons. The number of nitrogens with one attached hydrogen (secondary N) is 1. The molecular formula is C30H28FN7O2. The fraction of sp³-hybridized carbons (Fsp3) is 0.167. The molecule has 2 heterocycles. The number of carbonyl (C=O) groups excluding carboxylic acids is 2. The third kappa shape index (κ3) is 5.96. The number of pyridine rings is 1. The van der Waals surface area contributed by atoms with Crippen molar-refractivity contribution in [3.63, 3.8) is 0 Å². The predicted octanol–water partition coefficient (Wildman–Crippen LogP) is 4.44. The van der Waals surface area contributed by atoms with Gasteiger partial charge in [-0.2, -0.15) is 0 Å². The van der Waals surface area contributed by atoms with Crippen LogP contribution in [0.2, 0.25) is 0 Å². The van der Waals surface area contributed by atoms with Crippen molar-refractivity contribution in [2.45, 2.75) is 19.1 Å². The van der Waals surface area contributed by atoms with Crippen LogP contribution in [0, 0.1) is 5.82 Å². The fourth-order valence-corrected chi connectivity index (χ4v) is 4.47. The Morgan fingerprint density at radius 1 is 0.975 bits per heavy atom. The number of fused-ring (bicyclic) bond motifs is 1. The molecule has 0 saturated heterocycles. The van der Waals surface area contributed by atoms with Crippen molar-refractivity contribution >= 4 is 34.2 Å². The molecule has 1 N–H and O–H groups in total. The first-order chi connectivity index (χ1) is 19.4. The lowest BCUT2D eigenvalue weighted by atomic mass is 10.0. The zero-order valence-electron chi connectivity index (χ0n) is 22.1. The highest BCUT2D eigenvalue weighted by molar-refractivity contribution is 5.98. The van der Waals surface area contributed by atoms with Crippen molar-refractivity contribution < 1.29 is 14.0 Å². The molecule has 0 aliphatic rings. The second-order valence-electron chi connectivity index (χ2n) is 9.51. The van der Waals surface area contributed by atoms with Gasteiger partial charge in [0.25, 0.3) is 5.91 Å². The van der Waals surface area contributed by atoms with E-state index in [1.807, 2.05) is 55.4 Å². The Bertz CT molecular complexity index is 1620. The average molecular weight is 538 g/mol. The van der Waals surface area contributed by atoms with E-state index < -0.39 is 23.7 Å². The number of para-hydroxylation sites is 1. The first kappa shape index (κ1) is 26.5. The Kier molecular flexibility index (Phi) is 7.77. The van der Waals surface area contributed by atoms with E-state index in [0.29, 0.717) is 27.8 Å². The molecule has 5 aromatic rings. The predicted molar refractivity (Wildman–Crippen MR) is 151 cm³/mol. The Hall–Kier alpha value is -5.12. The summed E-state index contributed by atoms with van der Waals surface area (Å²) in [5, 5.41) is 11.2. The van der Waals surface area contributed by atoms with Gasteiger partial charge in [0.15, 0.2) is 0 Å². The van der Waals surface area contributed by atoms with Crippen molar-refractivity contribution in [3.05, 3.63) is 114 Å². The van der Waals surface area contributed by atoms with Crippen LogP contribution in [0.3, 0.4) is 0 Å². The quantitative estimate of drug-likeness (QED) is 0.299. The van der Waals surface area contributed by atoms with Gasteiger partial charge in [-0.15, -0.1) is 5.10 Å². The van der Waals surface area contributed by atoms with Crippen molar-refractivity contribution in [2.75, 3.05) is 24.3 Å². The molecule has 0 aliphatic carbocycles. The summed E-state index contributed by atoms with van der Waals surface area (Å²) in [5.41, 5.74) is 3.90. The van der Waals surface area contributed by atoms with Crippen molar-refractivity contribution in [1.82, 2.24) is 24.9 Å². The topological polar surface area (TPSA) is 96.2 Å². The van der Waals surface area contributed by atoms with Gasteiger partial charge in [0.05, 0.1) is 5.52 Å². The van der Waals surface area contributed by atoms with E-state index in [-0.39, 0.29) is 13.1 Å². The van der Waals surface area contributed by atoms with Gasteiger partial charge in [-0.1, -0.05) is 35.5 Å². The highest BCUT2D eigenvalue weighted by Crippen LogP contribution is 2.27. The van der Waals surface area contributed by atoms with Gasteiger partial charge in [0.1, 0.15) is 23.9 Å². The summed E-state index contributed by atoms with van der Waals surface area (Å²) in [6.07, 6.45) is 3.26. The summed E-state index contributed by atoms with van der Waals surface area (Å²) in [6.45, 7) is -0.106. The lowest BCUT2D eigenvalue weighted by Crippen LogP contribution is -2.42. The number of aromatic nitrogens is 4. The van der Waals surface area contributed by atoms with E-state index in [2.05, 4.69) is 20.6 Å². The van der Waals surface area contributed by atoms with E-state index in [9.17, 15) is 14.0 Å². The minimum atomic E-state index is -1.15. The molecule has 0 aliphatic heterocycles. The normalized spacial score (nSPS) is 11.7. The molecule has 40 heavy (non-hydrogen) atoms. The van der Waals surface area contributed by atoms with Gasteiger partial charge in [0, 0.05) is 44.4 Å². The summed E-state index contributed by atoms with van der Waals surface area (Å²) < 4.78 is 15.9. The molecule has 2 amide bonds. The van der Waals surface area contributed by atoms with E-state index in [4.69, 9.17) is 0 Å². The number of benzene rings is 3. The monoisotopic (exact) mass is 537 g/mol. The van der Waals surface area contributed by atoms with Gasteiger partial charge in [-0.05, 0) is 65.7 Å². The fourth-order valence-electron chi connectivity index (χ4n) is 4.47. The summed E-state index contributed by atoms with van der Waals surface area (Å²) >= 11 is 0. The number of carbonyl (C=O) groups is 2. The van der Waals surface area contributed by atoms with Crippen molar-refractivity contribution in [3.8, 4) is 0 Å². The van der Waals surface area contributed by atoms with Gasteiger partial charge in [0.2, 0.25) is 5.91 Å². The Morgan fingerprint density at radius 2 is 1.77 bits per heavy atom. The highest BCUT2D eigenvalue weighted by Gasteiger charge is 2.32. The van der Waals surface area contributed by atoms with E-state index in [1.165, 1.54) is 27.8 Å². The maximum atomic E-state index is 14.4. The minimum Gasteiger partial charge on any atom is -0.378 e. The SMILES string of the molecule is CN(C)c1ccc(NC(=O)[C@H](c2cccc(F)c2)N(Cc2cccnc2)C(=O)Cn2nnc3ccccc32)cc1. The third-order valence-electron chi connectivity index (χ3n) is 6.48. The van der Waals surface area contributed by atoms with Crippen LogP contribution in [0.25, 0.3) is 11.0 Å². The molecule has 2 aromatic heterocycles. The number of nitrogens with zero attached hydrogens (tertiary/aromatic N) is 6. The van der Waals surface area contributed by atoms with Crippen LogP contribution < -0.4 is 10.2 Å². The van der Waals surface area contributed by atoms with Gasteiger partial charge < -0.3 is 15.1 Å². The molecule has 0 saturated carbocycles. The first-order valence-electron chi connectivity index (χ1n) is 12.7. The number of amides is 2. The van der Waals surface area contributed by atoms with Crippen molar-refractivity contribution in [2.24, 2.45) is 0 Å². The van der Waals surface area contributed by atoms with E-state index >= 15 is 0 Å². The minimum absolute atomic E-state index is 0.0630. The van der Waals surface area contributed by atoms with Crippen LogP contribution >= 0.6 is 0 Å². The second-order valence-corrected chi connectivity index (χ2v) is 9.51. The Balaban J connectivity index is 1.53. The van der Waals surface area contributed by atoms with E-state index in [0.717, 1.165) is 5.69 Å². The largest absolute Gasteiger partial charge is 0.378 e. The van der Waals surface area contributed by atoms with Gasteiger partial charge in [-0.25, -0.2) is 9.07 Å². The molecule has 0 bridgehead atoms. The van der Waals surface area contributed by atoms with Crippen molar-refractivity contribution in [1.29, 1.82) is 0 Å². The zero-order valence-corrected chi connectivity index (χ0v) is 22.1. The maximum absolute atomic E-state index is 14.4. The van der Waals surface area contributed by atoms with Gasteiger partial charge in [-0.3, -0.25) is 14.6 Å². The lowest BCUT2D eigenvalue weighted by molar-refractivity contribution is -0.140. The second kappa shape index (κ2) is 11.7. The number of rotatable bonds is 9. The molecule has 5 rings (SSSR count). The smallest absolute Gasteiger partial charge is 0.251 e. The van der Waals surface area contributed by atoms with Crippen LogP contribution in [-0.4, -0.2) is 50.8 Å². The molecule has 1 atom stereocenters. The summed E-state index contributed by atoms with van der Waals surface area (Å²) in [6, 6.07) is 22.8. The number of hydrogen-bond donors (Lipinski definition) is 1. The molecule has 9 nitrogen and oxygen atoms in total. The summed E-state index contributed by atoms with van der Waals surface area (Å²) in [4.78, 5) is 35.4. The molecule has 0 fully saturated rings.